The molecular formula is C14H22N4O2. The third-order valence-corrected chi connectivity index (χ3v) is 3.62. The first-order valence-corrected chi connectivity index (χ1v) is 7.09. The van der Waals surface area contributed by atoms with E-state index in [4.69, 9.17) is 0 Å². The van der Waals surface area contributed by atoms with Crippen LogP contribution in [0.25, 0.3) is 0 Å². The van der Waals surface area contributed by atoms with Crippen LogP contribution in [0.4, 0.5) is 0 Å². The van der Waals surface area contributed by atoms with E-state index < -0.39 is 0 Å². The molecule has 1 amide bonds. The maximum atomic E-state index is 11.9. The fourth-order valence-corrected chi connectivity index (χ4v) is 2.44. The molecule has 110 valence electrons. The third-order valence-electron chi connectivity index (χ3n) is 3.62. The van der Waals surface area contributed by atoms with Crippen LogP contribution in [0.15, 0.2) is 12.4 Å². The van der Waals surface area contributed by atoms with Crippen LogP contribution in [0.1, 0.15) is 29.0 Å². The quantitative estimate of drug-likeness (QED) is 0.805. The molecule has 0 radical (unpaired) electrons. The van der Waals surface area contributed by atoms with Crippen LogP contribution in [0, 0.1) is 12.8 Å². The average molecular weight is 278 g/mol. The number of likely N-dealkylation sites (tertiary alicyclic amines) is 1. The summed E-state index contributed by atoms with van der Waals surface area (Å²) in [6, 6.07) is 0. The lowest BCUT2D eigenvalue weighted by Gasteiger charge is -2.31. The van der Waals surface area contributed by atoms with Crippen LogP contribution in [0.3, 0.4) is 0 Å². The highest BCUT2D eigenvalue weighted by Crippen LogP contribution is 2.14. The second-order valence-corrected chi connectivity index (χ2v) is 5.27. The molecule has 0 aromatic carbocycles. The van der Waals surface area contributed by atoms with Gasteiger partial charge in [0.2, 0.25) is 0 Å². The number of aryl methyl sites for hydroxylation is 1. The van der Waals surface area contributed by atoms with E-state index in [1.807, 2.05) is 0 Å². The second-order valence-electron chi connectivity index (χ2n) is 5.27. The van der Waals surface area contributed by atoms with Crippen LogP contribution in [0.5, 0.6) is 0 Å². The van der Waals surface area contributed by atoms with Crippen LogP contribution in [-0.4, -0.2) is 58.7 Å². The molecule has 1 aromatic rings. The highest BCUT2D eigenvalue weighted by molar-refractivity contribution is 5.93. The predicted octanol–water partition coefficient (Wildman–Crippen LogP) is 0.219. The highest BCUT2D eigenvalue weighted by Gasteiger charge is 2.18. The van der Waals surface area contributed by atoms with Crippen LogP contribution >= 0.6 is 0 Å². The Kier molecular flexibility index (Phi) is 5.43. The summed E-state index contributed by atoms with van der Waals surface area (Å²) < 4.78 is 0. The zero-order valence-electron chi connectivity index (χ0n) is 11.9. The van der Waals surface area contributed by atoms with Gasteiger partial charge in [-0.15, -0.1) is 0 Å². The SMILES string of the molecule is Cc1ncc(C(=O)NCCN2CCCC(CO)C2)cn1. The van der Waals surface area contributed by atoms with Crippen LogP contribution in [0.2, 0.25) is 0 Å². The Bertz CT molecular complexity index is 435. The van der Waals surface area contributed by atoms with Crippen molar-refractivity contribution >= 4 is 5.91 Å². The van der Waals surface area contributed by atoms with Crippen molar-refractivity contribution in [1.29, 1.82) is 0 Å². The van der Waals surface area contributed by atoms with E-state index in [0.717, 1.165) is 32.5 Å². The largest absolute Gasteiger partial charge is 0.396 e. The van der Waals surface area contributed by atoms with Crippen molar-refractivity contribution in [3.05, 3.63) is 23.8 Å². The van der Waals surface area contributed by atoms with Crippen LogP contribution in [-0.2, 0) is 0 Å². The fourth-order valence-electron chi connectivity index (χ4n) is 2.44. The molecular weight excluding hydrogens is 256 g/mol. The summed E-state index contributed by atoms with van der Waals surface area (Å²) in [5.41, 5.74) is 0.488. The van der Waals surface area contributed by atoms with E-state index in [0.29, 0.717) is 23.9 Å². The van der Waals surface area contributed by atoms with Gasteiger partial charge < -0.3 is 15.3 Å². The highest BCUT2D eigenvalue weighted by atomic mass is 16.3. The molecule has 2 rings (SSSR count). The number of carbonyl (C=O) groups is 1. The summed E-state index contributed by atoms with van der Waals surface area (Å²) in [6.07, 6.45) is 5.30. The summed E-state index contributed by atoms with van der Waals surface area (Å²) in [5.74, 6) is 0.899. The average Bonchev–Trinajstić information content (AvgIpc) is 2.48. The number of carbonyl (C=O) groups excluding carboxylic acids is 1. The van der Waals surface area contributed by atoms with Crippen LogP contribution < -0.4 is 5.32 Å². The minimum absolute atomic E-state index is 0.138. The first-order chi connectivity index (χ1) is 9.69. The number of aliphatic hydroxyl groups excluding tert-OH is 1. The molecule has 1 aromatic heterocycles. The Labute approximate surface area is 119 Å². The van der Waals surface area contributed by atoms with E-state index in [2.05, 4.69) is 20.2 Å². The van der Waals surface area contributed by atoms with E-state index in [-0.39, 0.29) is 12.5 Å². The van der Waals surface area contributed by atoms with Gasteiger partial charge in [-0.3, -0.25) is 4.79 Å². The number of rotatable bonds is 5. The van der Waals surface area contributed by atoms with Crippen molar-refractivity contribution in [2.45, 2.75) is 19.8 Å². The van der Waals surface area contributed by atoms with Gasteiger partial charge in [0.05, 0.1) is 5.56 Å². The normalized spacial score (nSPS) is 19.8. The lowest BCUT2D eigenvalue weighted by Crippen LogP contribution is -2.41. The third kappa shape index (κ3) is 4.25. The molecule has 1 aliphatic rings. The lowest BCUT2D eigenvalue weighted by molar-refractivity contribution is 0.0930. The lowest BCUT2D eigenvalue weighted by atomic mass is 9.99. The van der Waals surface area contributed by atoms with E-state index >= 15 is 0 Å². The summed E-state index contributed by atoms with van der Waals surface area (Å²) in [4.78, 5) is 22.2. The molecule has 0 spiro atoms. The van der Waals surface area contributed by atoms with E-state index in [9.17, 15) is 9.90 Å². The fraction of sp³-hybridized carbons (Fsp3) is 0.643. The Morgan fingerprint density at radius 3 is 2.95 bits per heavy atom. The van der Waals surface area contributed by atoms with E-state index in [1.165, 1.54) is 0 Å². The molecule has 1 unspecified atom stereocenters. The van der Waals surface area contributed by atoms with Crippen molar-refractivity contribution in [1.82, 2.24) is 20.2 Å². The summed E-state index contributed by atoms with van der Waals surface area (Å²) in [5, 5.41) is 12.1. The van der Waals surface area contributed by atoms with E-state index in [1.54, 1.807) is 19.3 Å². The maximum absolute atomic E-state index is 11.9. The molecule has 0 saturated carbocycles. The minimum Gasteiger partial charge on any atom is -0.396 e. The molecule has 1 aliphatic heterocycles. The van der Waals surface area contributed by atoms with Crippen molar-refractivity contribution in [2.24, 2.45) is 5.92 Å². The maximum Gasteiger partial charge on any atom is 0.254 e. The zero-order chi connectivity index (χ0) is 14.4. The van der Waals surface area contributed by atoms with Gasteiger partial charge in [-0.25, -0.2) is 9.97 Å². The molecule has 2 heterocycles. The standard InChI is InChI=1S/C14H22N4O2/c1-11-16-7-13(8-17-11)14(20)15-4-6-18-5-2-3-12(9-18)10-19/h7-8,12,19H,2-6,9-10H2,1H3,(H,15,20). The molecule has 1 saturated heterocycles. The number of aromatic nitrogens is 2. The number of piperidine rings is 1. The number of amides is 1. The van der Waals surface area contributed by atoms with Gasteiger partial charge in [0.1, 0.15) is 5.82 Å². The Morgan fingerprint density at radius 1 is 1.50 bits per heavy atom. The Balaban J connectivity index is 1.72. The summed E-state index contributed by atoms with van der Waals surface area (Å²) >= 11 is 0. The molecule has 0 bridgehead atoms. The molecule has 6 nitrogen and oxygen atoms in total. The number of hydrogen-bond donors (Lipinski definition) is 2. The van der Waals surface area contributed by atoms with Gasteiger partial charge in [-0.1, -0.05) is 0 Å². The number of nitrogens with zero attached hydrogens (tertiary/aromatic N) is 3. The molecule has 0 aliphatic carbocycles. The minimum atomic E-state index is -0.138. The van der Waals surface area contributed by atoms with Crippen molar-refractivity contribution < 1.29 is 9.90 Å². The van der Waals surface area contributed by atoms with Crippen molar-refractivity contribution in [3.8, 4) is 0 Å². The molecule has 6 heteroatoms. The smallest absolute Gasteiger partial charge is 0.254 e. The van der Waals surface area contributed by atoms with Gasteiger partial charge in [-0.2, -0.15) is 0 Å². The van der Waals surface area contributed by atoms with Gasteiger partial charge >= 0.3 is 0 Å². The number of aliphatic hydroxyl groups is 1. The van der Waals surface area contributed by atoms with Crippen molar-refractivity contribution in [3.63, 3.8) is 0 Å². The molecule has 20 heavy (non-hydrogen) atoms. The zero-order valence-corrected chi connectivity index (χ0v) is 11.9. The van der Waals surface area contributed by atoms with Crippen molar-refractivity contribution in [2.75, 3.05) is 32.8 Å². The Hall–Kier alpha value is -1.53. The molecule has 1 fully saturated rings. The first kappa shape index (κ1) is 14.9. The van der Waals surface area contributed by atoms with Gasteiger partial charge in [0, 0.05) is 38.6 Å². The second kappa shape index (κ2) is 7.31. The summed E-state index contributed by atoms with van der Waals surface area (Å²) in [7, 11) is 0. The van der Waals surface area contributed by atoms with Gasteiger partial charge in [-0.05, 0) is 32.2 Å². The Morgan fingerprint density at radius 2 is 2.25 bits per heavy atom. The van der Waals surface area contributed by atoms with Gasteiger partial charge in [0.25, 0.3) is 5.91 Å². The predicted molar refractivity (Wildman–Crippen MR) is 75.4 cm³/mol. The monoisotopic (exact) mass is 278 g/mol. The van der Waals surface area contributed by atoms with Gasteiger partial charge in [0.15, 0.2) is 0 Å². The number of nitrogens with one attached hydrogen (secondary N) is 1. The number of hydrogen-bond acceptors (Lipinski definition) is 5. The first-order valence-electron chi connectivity index (χ1n) is 7.09. The molecule has 1 atom stereocenters. The molecule has 2 N–H and O–H groups in total. The topological polar surface area (TPSA) is 78.4 Å². The summed E-state index contributed by atoms with van der Waals surface area (Å²) in [6.45, 7) is 5.42.